The molecule has 2 aliphatic heterocycles. The highest BCUT2D eigenvalue weighted by Crippen LogP contribution is 2.32. The maximum absolute atomic E-state index is 14.1. The van der Waals surface area contributed by atoms with E-state index in [1.54, 1.807) is 18.2 Å². The maximum Gasteiger partial charge on any atom is 0.228 e. The molecule has 0 saturated carbocycles. The zero-order valence-electron chi connectivity index (χ0n) is 18.3. The Labute approximate surface area is 185 Å². The van der Waals surface area contributed by atoms with E-state index in [1.807, 2.05) is 23.6 Å². The number of aromatic nitrogens is 3. The van der Waals surface area contributed by atoms with E-state index in [2.05, 4.69) is 17.2 Å². The van der Waals surface area contributed by atoms with E-state index in [4.69, 9.17) is 4.98 Å². The molecule has 4 heterocycles. The number of anilines is 1. The van der Waals surface area contributed by atoms with Gasteiger partial charge in [-0.1, -0.05) is 12.1 Å². The Balaban J connectivity index is 1.24. The topological polar surface area (TPSA) is 71.3 Å². The first-order chi connectivity index (χ1) is 15.4. The predicted octanol–water partition coefficient (Wildman–Crippen LogP) is 3.17. The van der Waals surface area contributed by atoms with Gasteiger partial charge in [0.05, 0.1) is 17.3 Å². The number of benzene rings is 1. The predicted molar refractivity (Wildman–Crippen MR) is 119 cm³/mol. The normalized spacial score (nSPS) is 19.8. The van der Waals surface area contributed by atoms with Gasteiger partial charge >= 0.3 is 0 Å². The number of hydrogen-bond donors (Lipinski definition) is 0. The first kappa shape index (κ1) is 20.6. The van der Waals surface area contributed by atoms with Crippen molar-refractivity contribution in [3.05, 3.63) is 53.6 Å². The Hall–Kier alpha value is -3.29. The van der Waals surface area contributed by atoms with E-state index < -0.39 is 11.7 Å². The summed E-state index contributed by atoms with van der Waals surface area (Å²) in [6.45, 7) is 3.49. The summed E-state index contributed by atoms with van der Waals surface area (Å²) < 4.78 is 15.9. The highest BCUT2D eigenvalue weighted by Gasteiger charge is 2.39. The molecule has 7 nitrogen and oxygen atoms in total. The lowest BCUT2D eigenvalue weighted by atomic mass is 9.92. The van der Waals surface area contributed by atoms with E-state index in [-0.39, 0.29) is 30.5 Å². The molecule has 3 aromatic rings. The lowest BCUT2D eigenvalue weighted by molar-refractivity contribution is -0.136. The molecule has 2 fully saturated rings. The molecule has 2 aliphatic rings. The number of likely N-dealkylation sites (tertiary alicyclic amines) is 1. The molecule has 2 saturated heterocycles. The summed E-state index contributed by atoms with van der Waals surface area (Å²) in [5.41, 5.74) is 3.14. The van der Waals surface area contributed by atoms with Crippen LogP contribution >= 0.6 is 0 Å². The Morgan fingerprint density at radius 1 is 1.12 bits per heavy atom. The summed E-state index contributed by atoms with van der Waals surface area (Å²) in [4.78, 5) is 33.7. The van der Waals surface area contributed by atoms with Gasteiger partial charge in [-0.15, -0.1) is 0 Å². The Kier molecular flexibility index (Phi) is 5.15. The van der Waals surface area contributed by atoms with E-state index in [1.165, 1.54) is 11.0 Å². The molecule has 1 atom stereocenters. The lowest BCUT2D eigenvalue weighted by Gasteiger charge is -2.33. The van der Waals surface area contributed by atoms with Crippen molar-refractivity contribution in [2.45, 2.75) is 32.1 Å². The number of piperidine rings is 1. The molecule has 0 radical (unpaired) electrons. The van der Waals surface area contributed by atoms with Gasteiger partial charge in [-0.05, 0) is 44.0 Å². The summed E-state index contributed by atoms with van der Waals surface area (Å²) >= 11 is 0. The van der Waals surface area contributed by atoms with Gasteiger partial charge in [-0.25, -0.2) is 9.37 Å². The van der Waals surface area contributed by atoms with Gasteiger partial charge in [0.25, 0.3) is 0 Å². The molecular weight excluding hydrogens is 409 g/mol. The van der Waals surface area contributed by atoms with Gasteiger partial charge in [0.15, 0.2) is 5.65 Å². The number of halogens is 1. The standard InChI is InChI=1S/C24H26FN5O2/c1-15-18-7-8-20(26-23(18)28(2)27-15)16-9-11-29(12-10-16)24(32)17-13-22(31)30(14-17)21-6-4-3-5-19(21)25/h3-8,16-17H,9-14H2,1-2H3/t17-/m1/s1. The van der Waals surface area contributed by atoms with E-state index in [0.29, 0.717) is 19.0 Å². The highest BCUT2D eigenvalue weighted by atomic mass is 19.1. The zero-order valence-corrected chi connectivity index (χ0v) is 18.3. The van der Waals surface area contributed by atoms with E-state index in [0.717, 1.165) is 35.3 Å². The van der Waals surface area contributed by atoms with Gasteiger partial charge < -0.3 is 9.80 Å². The number of rotatable bonds is 3. The number of nitrogens with zero attached hydrogens (tertiary/aromatic N) is 5. The minimum atomic E-state index is -0.442. The molecule has 8 heteroatoms. The van der Waals surface area contributed by atoms with Crippen molar-refractivity contribution in [1.29, 1.82) is 0 Å². The molecule has 0 aliphatic carbocycles. The number of aryl methyl sites for hydroxylation is 2. The Morgan fingerprint density at radius 3 is 2.62 bits per heavy atom. The molecular formula is C24H26FN5O2. The van der Waals surface area contributed by atoms with Crippen LogP contribution < -0.4 is 4.90 Å². The summed E-state index contributed by atoms with van der Waals surface area (Å²) in [5.74, 6) is -0.791. The second-order valence-electron chi connectivity index (χ2n) is 8.77. The molecule has 166 valence electrons. The number of carbonyl (C=O) groups excluding carboxylic acids is 2. The number of fused-ring (bicyclic) bond motifs is 1. The number of para-hydroxylation sites is 1. The van der Waals surface area contributed by atoms with Gasteiger partial charge in [-0.2, -0.15) is 5.10 Å². The molecule has 0 N–H and O–H groups in total. The van der Waals surface area contributed by atoms with Crippen LogP contribution in [0.25, 0.3) is 11.0 Å². The van der Waals surface area contributed by atoms with Crippen LogP contribution in [0, 0.1) is 18.7 Å². The van der Waals surface area contributed by atoms with Crippen LogP contribution in [0.15, 0.2) is 36.4 Å². The van der Waals surface area contributed by atoms with Crippen LogP contribution in [0.3, 0.4) is 0 Å². The van der Waals surface area contributed by atoms with Crippen molar-refractivity contribution in [3.63, 3.8) is 0 Å². The third-order valence-corrected chi connectivity index (χ3v) is 6.74. The van der Waals surface area contributed by atoms with Gasteiger partial charge in [-0.3, -0.25) is 14.3 Å². The lowest BCUT2D eigenvalue weighted by Crippen LogP contribution is -2.42. The highest BCUT2D eigenvalue weighted by molar-refractivity contribution is 6.00. The second-order valence-corrected chi connectivity index (χ2v) is 8.77. The molecule has 0 unspecified atom stereocenters. The van der Waals surface area contributed by atoms with Crippen LogP contribution in [0.2, 0.25) is 0 Å². The van der Waals surface area contributed by atoms with Gasteiger partial charge in [0.1, 0.15) is 5.82 Å². The SMILES string of the molecule is Cc1nn(C)c2nc(C3CCN(C(=O)[C@@H]4CC(=O)N(c5ccccc5F)C4)CC3)ccc12. The molecule has 5 rings (SSSR count). The average Bonchev–Trinajstić information content (AvgIpc) is 3.32. The molecule has 2 aromatic heterocycles. The van der Waals surface area contributed by atoms with Crippen molar-refractivity contribution in [1.82, 2.24) is 19.7 Å². The molecule has 32 heavy (non-hydrogen) atoms. The second kappa shape index (κ2) is 8.00. The molecule has 0 spiro atoms. The average molecular weight is 436 g/mol. The fraction of sp³-hybridized carbons (Fsp3) is 0.417. The van der Waals surface area contributed by atoms with E-state index >= 15 is 0 Å². The Morgan fingerprint density at radius 2 is 1.88 bits per heavy atom. The number of hydrogen-bond acceptors (Lipinski definition) is 4. The molecule has 1 aromatic carbocycles. The zero-order chi connectivity index (χ0) is 22.4. The summed E-state index contributed by atoms with van der Waals surface area (Å²) in [7, 11) is 1.90. The number of carbonyl (C=O) groups is 2. The summed E-state index contributed by atoms with van der Waals surface area (Å²) in [5, 5.41) is 5.51. The molecule has 0 bridgehead atoms. The van der Waals surface area contributed by atoms with Crippen molar-refractivity contribution >= 4 is 28.5 Å². The monoisotopic (exact) mass is 435 g/mol. The van der Waals surface area contributed by atoms with Crippen molar-refractivity contribution in [2.24, 2.45) is 13.0 Å². The molecule has 2 amide bonds. The Bertz CT molecular complexity index is 1200. The van der Waals surface area contributed by atoms with Crippen LogP contribution in [-0.2, 0) is 16.6 Å². The minimum Gasteiger partial charge on any atom is -0.342 e. The smallest absolute Gasteiger partial charge is 0.228 e. The van der Waals surface area contributed by atoms with E-state index in [9.17, 15) is 14.0 Å². The van der Waals surface area contributed by atoms with Gasteiger partial charge in [0, 0.05) is 50.1 Å². The van der Waals surface area contributed by atoms with Crippen molar-refractivity contribution < 1.29 is 14.0 Å². The van der Waals surface area contributed by atoms with Crippen molar-refractivity contribution in [2.75, 3.05) is 24.5 Å². The third kappa shape index (κ3) is 3.53. The first-order valence-electron chi connectivity index (χ1n) is 11.1. The summed E-state index contributed by atoms with van der Waals surface area (Å²) in [6, 6.07) is 10.4. The van der Waals surface area contributed by atoms with Crippen LogP contribution in [-0.4, -0.2) is 51.1 Å². The first-order valence-corrected chi connectivity index (χ1v) is 11.1. The van der Waals surface area contributed by atoms with Crippen LogP contribution in [0.5, 0.6) is 0 Å². The third-order valence-electron chi connectivity index (χ3n) is 6.74. The number of amides is 2. The minimum absolute atomic E-state index is 0.0127. The number of pyridine rings is 1. The maximum atomic E-state index is 14.1. The van der Waals surface area contributed by atoms with Gasteiger partial charge in [0.2, 0.25) is 11.8 Å². The van der Waals surface area contributed by atoms with Crippen LogP contribution in [0.1, 0.15) is 36.6 Å². The van der Waals surface area contributed by atoms with Crippen LogP contribution in [0.4, 0.5) is 10.1 Å². The largest absolute Gasteiger partial charge is 0.342 e. The quantitative estimate of drug-likeness (QED) is 0.634. The fourth-order valence-corrected chi connectivity index (χ4v) is 4.98. The van der Waals surface area contributed by atoms with Crippen molar-refractivity contribution in [3.8, 4) is 0 Å². The summed E-state index contributed by atoms with van der Waals surface area (Å²) in [6.07, 6.45) is 1.79. The fourth-order valence-electron chi connectivity index (χ4n) is 4.98.